The van der Waals surface area contributed by atoms with E-state index in [9.17, 15) is 14.5 Å². The minimum absolute atomic E-state index is 0.0358. The molecule has 0 bridgehead atoms. The number of phenols is 1. The first kappa shape index (κ1) is 31.1. The van der Waals surface area contributed by atoms with Crippen LogP contribution >= 0.6 is 7.60 Å². The van der Waals surface area contributed by atoms with Gasteiger partial charge in [0.15, 0.2) is 5.78 Å². The van der Waals surface area contributed by atoms with Crippen molar-refractivity contribution in [2.24, 2.45) is 11.8 Å². The molecule has 0 spiro atoms. The molecular weight excluding hydrogens is 495 g/mol. The Hall–Kier alpha value is -1.42. The van der Waals surface area contributed by atoms with Gasteiger partial charge in [-0.1, -0.05) is 73.3 Å². The molecule has 2 fully saturated rings. The van der Waals surface area contributed by atoms with Crippen molar-refractivity contribution in [2.75, 3.05) is 13.2 Å². The molecule has 0 aromatic heterocycles. The Labute approximate surface area is 231 Å². The van der Waals surface area contributed by atoms with E-state index in [1.165, 1.54) is 0 Å². The molecule has 1 aromatic carbocycles. The summed E-state index contributed by atoms with van der Waals surface area (Å²) < 4.78 is 26.8. The molecule has 5 nitrogen and oxygen atoms in total. The van der Waals surface area contributed by atoms with Crippen LogP contribution < -0.4 is 0 Å². The van der Waals surface area contributed by atoms with E-state index in [1.807, 2.05) is 19.9 Å². The van der Waals surface area contributed by atoms with E-state index in [1.54, 1.807) is 12.2 Å². The van der Waals surface area contributed by atoms with Gasteiger partial charge in [-0.2, -0.15) is 0 Å². The number of ketones is 1. The summed E-state index contributed by atoms with van der Waals surface area (Å²) in [5, 5.41) is 10.1. The van der Waals surface area contributed by atoms with Crippen LogP contribution in [0.4, 0.5) is 0 Å². The fourth-order valence-corrected chi connectivity index (χ4v) is 9.67. The van der Waals surface area contributed by atoms with Crippen molar-refractivity contribution in [3.8, 4) is 5.75 Å². The van der Waals surface area contributed by atoms with Crippen LogP contribution in [0.3, 0.4) is 0 Å². The third kappa shape index (κ3) is 6.01. The average Bonchev–Trinajstić information content (AvgIpc) is 3.53. The van der Waals surface area contributed by atoms with Gasteiger partial charge in [-0.05, 0) is 86.0 Å². The molecular formula is C32H51O5P. The predicted molar refractivity (Wildman–Crippen MR) is 157 cm³/mol. The van der Waals surface area contributed by atoms with Crippen LogP contribution in [0.5, 0.6) is 5.75 Å². The molecule has 0 unspecified atom stereocenters. The van der Waals surface area contributed by atoms with E-state index in [0.717, 1.165) is 62.5 Å². The summed E-state index contributed by atoms with van der Waals surface area (Å²) >= 11 is 0. The Balaban J connectivity index is 2.21. The fraction of sp³-hybridized carbons (Fsp3) is 0.719. The monoisotopic (exact) mass is 546 g/mol. The van der Waals surface area contributed by atoms with Crippen molar-refractivity contribution in [1.82, 2.24) is 0 Å². The third-order valence-electron chi connectivity index (χ3n) is 8.63. The molecule has 0 atom stereocenters. The summed E-state index contributed by atoms with van der Waals surface area (Å²) in [6, 6.07) is 4.06. The number of hydrogen-bond donors (Lipinski definition) is 1. The lowest BCUT2D eigenvalue weighted by Gasteiger charge is -2.45. The zero-order valence-electron chi connectivity index (χ0n) is 25.1. The van der Waals surface area contributed by atoms with Crippen LogP contribution in [0.25, 0.3) is 6.08 Å². The van der Waals surface area contributed by atoms with Crippen LogP contribution in [-0.2, 0) is 29.2 Å². The van der Waals surface area contributed by atoms with E-state index < -0.39 is 12.8 Å². The normalized spacial score (nSPS) is 18.6. The topological polar surface area (TPSA) is 72.8 Å². The summed E-state index contributed by atoms with van der Waals surface area (Å²) in [5.41, 5.74) is 2.17. The number of rotatable bonds is 10. The number of phenolic OH excluding ortho intramolecular Hbond substituents is 1. The van der Waals surface area contributed by atoms with Crippen molar-refractivity contribution in [2.45, 2.75) is 123 Å². The predicted octanol–water partition coefficient (Wildman–Crippen LogP) is 8.95. The van der Waals surface area contributed by atoms with Gasteiger partial charge in [0.2, 0.25) is 0 Å². The zero-order valence-corrected chi connectivity index (χ0v) is 26.0. The second kappa shape index (κ2) is 12.0. The minimum atomic E-state index is -3.78. The van der Waals surface area contributed by atoms with Crippen LogP contribution in [0.15, 0.2) is 18.2 Å². The zero-order chi connectivity index (χ0) is 28.4. The Kier molecular flexibility index (Phi) is 9.81. The van der Waals surface area contributed by atoms with Gasteiger partial charge in [-0.3, -0.25) is 9.36 Å². The van der Waals surface area contributed by atoms with E-state index in [0.29, 0.717) is 5.56 Å². The summed E-state index contributed by atoms with van der Waals surface area (Å²) in [7, 11) is -3.78. The lowest BCUT2D eigenvalue weighted by atomic mass is 9.75. The van der Waals surface area contributed by atoms with Crippen LogP contribution in [0.1, 0.15) is 123 Å². The van der Waals surface area contributed by atoms with Crippen LogP contribution in [-0.4, -0.2) is 29.3 Å². The number of aromatic hydroxyl groups is 1. The number of allylic oxidation sites excluding steroid dienone is 1. The average molecular weight is 547 g/mol. The highest BCUT2D eigenvalue weighted by Crippen LogP contribution is 2.70. The van der Waals surface area contributed by atoms with Gasteiger partial charge in [0.1, 0.15) is 10.9 Å². The first-order valence-electron chi connectivity index (χ1n) is 14.7. The van der Waals surface area contributed by atoms with Crippen molar-refractivity contribution in [3.63, 3.8) is 0 Å². The summed E-state index contributed by atoms with van der Waals surface area (Å²) in [5.74, 6) is -0.0447. The molecule has 3 rings (SSSR count). The fourth-order valence-electron chi connectivity index (χ4n) is 6.73. The summed E-state index contributed by atoms with van der Waals surface area (Å²) in [4.78, 5) is 14.6. The van der Waals surface area contributed by atoms with Crippen LogP contribution in [0.2, 0.25) is 0 Å². The van der Waals surface area contributed by atoms with Gasteiger partial charge in [-0.15, -0.1) is 0 Å². The van der Waals surface area contributed by atoms with E-state index in [-0.39, 0.29) is 47.4 Å². The first-order chi connectivity index (χ1) is 17.7. The van der Waals surface area contributed by atoms with Crippen molar-refractivity contribution in [1.29, 1.82) is 0 Å². The molecule has 2 aliphatic rings. The Morgan fingerprint density at radius 3 is 1.76 bits per heavy atom. The van der Waals surface area contributed by atoms with E-state index in [4.69, 9.17) is 9.05 Å². The molecule has 2 saturated carbocycles. The maximum absolute atomic E-state index is 14.8. The number of carbonyl (C=O) groups excluding carboxylic acids is 1. The van der Waals surface area contributed by atoms with Gasteiger partial charge in [-0.25, -0.2) is 0 Å². The molecule has 0 saturated heterocycles. The maximum atomic E-state index is 14.8. The quantitative estimate of drug-likeness (QED) is 0.234. The van der Waals surface area contributed by atoms with Crippen molar-refractivity contribution < 1.29 is 23.5 Å². The molecule has 6 heteroatoms. The molecule has 0 radical (unpaired) electrons. The second-order valence-corrected chi connectivity index (χ2v) is 15.5. The Bertz CT molecular complexity index is 1020. The lowest BCUT2D eigenvalue weighted by Crippen LogP contribution is -2.50. The molecule has 0 amide bonds. The molecule has 0 heterocycles. The van der Waals surface area contributed by atoms with Gasteiger partial charge in [0, 0.05) is 11.1 Å². The third-order valence-corrected chi connectivity index (χ3v) is 11.7. The lowest BCUT2D eigenvalue weighted by molar-refractivity contribution is -0.120. The minimum Gasteiger partial charge on any atom is -0.507 e. The Morgan fingerprint density at radius 1 is 0.895 bits per heavy atom. The smallest absolute Gasteiger partial charge is 0.345 e. The molecule has 1 N–H and O–H groups in total. The molecule has 0 aliphatic heterocycles. The van der Waals surface area contributed by atoms with Gasteiger partial charge < -0.3 is 14.2 Å². The van der Waals surface area contributed by atoms with Crippen molar-refractivity contribution in [3.05, 3.63) is 34.9 Å². The molecule has 1 aromatic rings. The molecule has 2 aliphatic carbocycles. The maximum Gasteiger partial charge on any atom is 0.345 e. The molecule has 38 heavy (non-hydrogen) atoms. The van der Waals surface area contributed by atoms with Crippen LogP contribution in [0, 0.1) is 11.8 Å². The van der Waals surface area contributed by atoms with Gasteiger partial charge >= 0.3 is 7.60 Å². The largest absolute Gasteiger partial charge is 0.507 e. The highest BCUT2D eigenvalue weighted by Gasteiger charge is 2.64. The summed E-state index contributed by atoms with van der Waals surface area (Å²) in [6.45, 7) is 16.8. The van der Waals surface area contributed by atoms with E-state index in [2.05, 4.69) is 47.6 Å². The van der Waals surface area contributed by atoms with Crippen molar-refractivity contribution >= 4 is 19.5 Å². The Morgan fingerprint density at radius 2 is 1.37 bits per heavy atom. The summed E-state index contributed by atoms with van der Waals surface area (Å²) in [6.07, 6.45) is 10.9. The van der Waals surface area contributed by atoms with Gasteiger partial charge in [0.05, 0.1) is 13.2 Å². The number of benzene rings is 1. The second-order valence-electron chi connectivity index (χ2n) is 13.3. The highest BCUT2D eigenvalue weighted by molar-refractivity contribution is 7.57. The number of hydrogen-bond acceptors (Lipinski definition) is 5. The van der Waals surface area contributed by atoms with Gasteiger partial charge in [0.25, 0.3) is 0 Å². The van der Waals surface area contributed by atoms with E-state index >= 15 is 0 Å². The number of carbonyl (C=O) groups is 1. The SMILES string of the molecule is CCOP(=O)(OCC)C(C(=O)/C=C/c1cc(C(C)(C)C)cc(C(C)(C)C)c1O)(C1CCCC1)C1CCCC1. The standard InChI is InChI=1S/C32H51O5P/c1-9-36-38(35,37-10-2)32(24-15-11-12-16-24,25-17-13-14-18-25)28(33)20-19-23-21-26(30(3,4)5)22-27(29(23)34)31(6,7)8/h19-22,24-25,34H,9-18H2,1-8H3/b20-19+. The first-order valence-corrected chi connectivity index (χ1v) is 16.3. The molecule has 214 valence electrons. The highest BCUT2D eigenvalue weighted by atomic mass is 31.2.